The van der Waals surface area contributed by atoms with Gasteiger partial charge in [-0.15, -0.1) is 0 Å². The van der Waals surface area contributed by atoms with Crippen molar-refractivity contribution in [1.82, 2.24) is 4.90 Å². The molecule has 3 unspecified atom stereocenters. The Labute approximate surface area is 120 Å². The molecular formula is C16H25NO3. The van der Waals surface area contributed by atoms with Gasteiger partial charge in [-0.05, 0) is 44.4 Å². The van der Waals surface area contributed by atoms with E-state index in [2.05, 4.69) is 11.8 Å². The highest BCUT2D eigenvalue weighted by molar-refractivity contribution is 5.71. The van der Waals surface area contributed by atoms with Crippen LogP contribution in [0.2, 0.25) is 0 Å². The zero-order chi connectivity index (χ0) is 14.5. The minimum Gasteiger partial charge on any atom is -0.481 e. The highest BCUT2D eigenvalue weighted by Gasteiger charge is 2.37. The van der Waals surface area contributed by atoms with Gasteiger partial charge in [0.2, 0.25) is 0 Å². The van der Waals surface area contributed by atoms with Crippen molar-refractivity contribution in [1.29, 1.82) is 0 Å². The molecule has 112 valence electrons. The fraction of sp³-hybridized carbons (Fsp3) is 0.688. The number of hydrogen-bond donors (Lipinski definition) is 1. The van der Waals surface area contributed by atoms with Gasteiger partial charge in [-0.2, -0.15) is 0 Å². The van der Waals surface area contributed by atoms with Crippen LogP contribution in [0.3, 0.4) is 0 Å². The van der Waals surface area contributed by atoms with Gasteiger partial charge in [-0.3, -0.25) is 9.69 Å². The van der Waals surface area contributed by atoms with Gasteiger partial charge in [0.25, 0.3) is 0 Å². The lowest BCUT2D eigenvalue weighted by Crippen LogP contribution is -2.45. The van der Waals surface area contributed by atoms with Crippen LogP contribution in [0.5, 0.6) is 0 Å². The largest absolute Gasteiger partial charge is 0.481 e. The molecule has 0 radical (unpaired) electrons. The smallest absolute Gasteiger partial charge is 0.308 e. The summed E-state index contributed by atoms with van der Waals surface area (Å²) >= 11 is 0. The molecule has 0 saturated heterocycles. The fourth-order valence-corrected chi connectivity index (χ4v) is 3.44. The number of hydrogen-bond acceptors (Lipinski definition) is 3. The summed E-state index contributed by atoms with van der Waals surface area (Å²) in [4.78, 5) is 13.6. The quantitative estimate of drug-likeness (QED) is 0.867. The van der Waals surface area contributed by atoms with Gasteiger partial charge in [0.05, 0.1) is 18.7 Å². The number of aliphatic carboxylic acids is 1. The minimum atomic E-state index is -0.656. The molecule has 0 amide bonds. The third-order valence-corrected chi connectivity index (χ3v) is 4.49. The van der Waals surface area contributed by atoms with E-state index >= 15 is 0 Å². The minimum absolute atomic E-state index is 0.114. The molecule has 1 aliphatic rings. The lowest BCUT2D eigenvalue weighted by atomic mass is 9.76. The van der Waals surface area contributed by atoms with Crippen molar-refractivity contribution in [2.24, 2.45) is 11.8 Å². The maximum atomic E-state index is 11.5. The number of nitrogens with zero attached hydrogens (tertiary/aromatic N) is 1. The first-order valence-electron chi connectivity index (χ1n) is 7.57. The zero-order valence-corrected chi connectivity index (χ0v) is 12.4. The number of rotatable bonds is 6. The molecule has 20 heavy (non-hydrogen) atoms. The van der Waals surface area contributed by atoms with Gasteiger partial charge >= 0.3 is 5.97 Å². The van der Waals surface area contributed by atoms with Crippen molar-refractivity contribution in [3.63, 3.8) is 0 Å². The van der Waals surface area contributed by atoms with E-state index in [9.17, 15) is 9.90 Å². The van der Waals surface area contributed by atoms with Crippen molar-refractivity contribution >= 4 is 5.97 Å². The predicted molar refractivity (Wildman–Crippen MR) is 77.3 cm³/mol. The van der Waals surface area contributed by atoms with Crippen LogP contribution in [0, 0.1) is 11.8 Å². The Kier molecular flexibility index (Phi) is 5.24. The van der Waals surface area contributed by atoms with E-state index in [0.29, 0.717) is 12.5 Å². The Morgan fingerprint density at radius 2 is 2.30 bits per heavy atom. The molecule has 1 fully saturated rings. The fourth-order valence-electron chi connectivity index (χ4n) is 3.44. The number of carboxylic acids is 1. The summed E-state index contributed by atoms with van der Waals surface area (Å²) in [6.45, 7) is 2.88. The number of furan rings is 1. The molecule has 1 heterocycles. The van der Waals surface area contributed by atoms with E-state index in [1.165, 1.54) is 12.8 Å². The summed E-state index contributed by atoms with van der Waals surface area (Å²) in [5.74, 6) is 0.660. The highest BCUT2D eigenvalue weighted by Crippen LogP contribution is 2.35. The molecule has 2 rings (SSSR count). The maximum absolute atomic E-state index is 11.5. The van der Waals surface area contributed by atoms with Crippen LogP contribution in [0.4, 0.5) is 0 Å². The van der Waals surface area contributed by atoms with Gasteiger partial charge in [0.1, 0.15) is 5.76 Å². The standard InChI is InChI=1S/C16H25NO3/c1-3-5-12-7-8-14(16(18)19)15(10-12)17(2)11-13-6-4-9-20-13/h4,6,9,12,14-15H,3,5,7-8,10-11H2,1-2H3,(H,18,19). The van der Waals surface area contributed by atoms with Gasteiger partial charge in [0.15, 0.2) is 0 Å². The number of carboxylic acid groups (broad SMARTS) is 1. The summed E-state index contributed by atoms with van der Waals surface area (Å²) in [6.07, 6.45) is 6.89. The predicted octanol–water partition coefficient (Wildman–Crippen LogP) is 3.38. The van der Waals surface area contributed by atoms with Gasteiger partial charge in [-0.1, -0.05) is 19.8 Å². The molecule has 3 atom stereocenters. The second kappa shape index (κ2) is 6.93. The Morgan fingerprint density at radius 3 is 2.90 bits per heavy atom. The van der Waals surface area contributed by atoms with Crippen LogP contribution in [0.1, 0.15) is 44.8 Å². The van der Waals surface area contributed by atoms with E-state index in [0.717, 1.165) is 25.0 Å². The second-order valence-corrected chi connectivity index (χ2v) is 5.97. The first kappa shape index (κ1) is 15.1. The summed E-state index contributed by atoms with van der Waals surface area (Å²) < 4.78 is 5.38. The van der Waals surface area contributed by atoms with Crippen LogP contribution in [-0.2, 0) is 11.3 Å². The van der Waals surface area contributed by atoms with Crippen LogP contribution >= 0.6 is 0 Å². The van der Waals surface area contributed by atoms with Gasteiger partial charge in [-0.25, -0.2) is 0 Å². The molecule has 1 aliphatic carbocycles. The van der Waals surface area contributed by atoms with Gasteiger partial charge in [0, 0.05) is 6.04 Å². The lowest BCUT2D eigenvalue weighted by Gasteiger charge is -2.39. The lowest BCUT2D eigenvalue weighted by molar-refractivity contribution is -0.146. The zero-order valence-electron chi connectivity index (χ0n) is 12.4. The molecule has 0 aliphatic heterocycles. The van der Waals surface area contributed by atoms with Crippen LogP contribution in [0.25, 0.3) is 0 Å². The Balaban J connectivity index is 2.03. The number of carbonyl (C=O) groups is 1. The normalized spacial score (nSPS) is 26.9. The summed E-state index contributed by atoms with van der Waals surface area (Å²) in [5.41, 5.74) is 0. The third-order valence-electron chi connectivity index (χ3n) is 4.49. The Bertz CT molecular complexity index is 415. The second-order valence-electron chi connectivity index (χ2n) is 5.97. The SMILES string of the molecule is CCCC1CCC(C(=O)O)C(N(C)Cc2ccco2)C1. The van der Waals surface area contributed by atoms with E-state index < -0.39 is 5.97 Å². The molecule has 1 aromatic heterocycles. The summed E-state index contributed by atoms with van der Waals surface area (Å²) in [6, 6.07) is 3.93. The average molecular weight is 279 g/mol. The monoisotopic (exact) mass is 279 g/mol. The molecule has 0 bridgehead atoms. The molecule has 0 spiro atoms. The Hall–Kier alpha value is -1.29. The maximum Gasteiger partial charge on any atom is 0.308 e. The van der Waals surface area contributed by atoms with Crippen LogP contribution < -0.4 is 0 Å². The first-order chi connectivity index (χ1) is 9.61. The summed E-state index contributed by atoms with van der Waals surface area (Å²) in [5, 5.41) is 9.45. The van der Waals surface area contributed by atoms with Crippen molar-refractivity contribution in [3.8, 4) is 0 Å². The van der Waals surface area contributed by atoms with Crippen LogP contribution in [-0.4, -0.2) is 29.1 Å². The van der Waals surface area contributed by atoms with E-state index in [-0.39, 0.29) is 12.0 Å². The molecule has 1 N–H and O–H groups in total. The molecule has 0 aromatic carbocycles. The average Bonchev–Trinajstić information content (AvgIpc) is 2.91. The van der Waals surface area contributed by atoms with Crippen molar-refractivity contribution in [2.75, 3.05) is 7.05 Å². The van der Waals surface area contributed by atoms with E-state index in [4.69, 9.17) is 4.42 Å². The molecule has 4 heteroatoms. The first-order valence-corrected chi connectivity index (χ1v) is 7.57. The van der Waals surface area contributed by atoms with E-state index in [1.54, 1.807) is 6.26 Å². The molecule has 4 nitrogen and oxygen atoms in total. The van der Waals surface area contributed by atoms with Crippen molar-refractivity contribution < 1.29 is 14.3 Å². The van der Waals surface area contributed by atoms with E-state index in [1.807, 2.05) is 19.2 Å². The topological polar surface area (TPSA) is 53.7 Å². The van der Waals surface area contributed by atoms with Gasteiger partial charge < -0.3 is 9.52 Å². The highest BCUT2D eigenvalue weighted by atomic mass is 16.4. The third kappa shape index (κ3) is 3.63. The molecule has 1 saturated carbocycles. The van der Waals surface area contributed by atoms with Crippen molar-refractivity contribution in [2.45, 2.75) is 51.6 Å². The van der Waals surface area contributed by atoms with Crippen molar-refractivity contribution in [3.05, 3.63) is 24.2 Å². The molecule has 1 aromatic rings. The van der Waals surface area contributed by atoms with Crippen LogP contribution in [0.15, 0.2) is 22.8 Å². The molecular weight excluding hydrogens is 254 g/mol. The Morgan fingerprint density at radius 1 is 1.50 bits per heavy atom. The summed E-state index contributed by atoms with van der Waals surface area (Å²) in [7, 11) is 2.01.